The maximum absolute atomic E-state index is 12.7. The first-order valence-electron chi connectivity index (χ1n) is 7.93. The lowest BCUT2D eigenvalue weighted by atomic mass is 10.1. The van der Waals surface area contributed by atoms with Crippen LogP contribution in [0.4, 0.5) is 0 Å². The molecule has 0 saturated carbocycles. The van der Waals surface area contributed by atoms with Crippen molar-refractivity contribution in [1.82, 2.24) is 0 Å². The van der Waals surface area contributed by atoms with Gasteiger partial charge in [-0.1, -0.05) is 34.9 Å². The molecule has 0 fully saturated rings. The highest BCUT2D eigenvalue weighted by Gasteiger charge is 2.35. The van der Waals surface area contributed by atoms with Crippen LogP contribution in [0, 0.1) is 0 Å². The molecule has 25 heavy (non-hydrogen) atoms. The van der Waals surface area contributed by atoms with E-state index in [1.807, 2.05) is 30.3 Å². The molecule has 6 heteroatoms. The third-order valence-electron chi connectivity index (χ3n) is 3.82. The van der Waals surface area contributed by atoms with E-state index in [4.69, 9.17) is 14.2 Å². The van der Waals surface area contributed by atoms with Crippen molar-refractivity contribution in [2.45, 2.75) is 12.8 Å². The van der Waals surface area contributed by atoms with Crippen molar-refractivity contribution in [3.8, 4) is 17.2 Å². The molecule has 2 aromatic carbocycles. The predicted octanol–water partition coefficient (Wildman–Crippen LogP) is 4.31. The summed E-state index contributed by atoms with van der Waals surface area (Å²) in [5, 5.41) is 0. The summed E-state index contributed by atoms with van der Waals surface area (Å²) >= 11 is 0. The van der Waals surface area contributed by atoms with Gasteiger partial charge in [0.15, 0.2) is 11.7 Å². The number of methoxy groups -OCH3 is 3. The van der Waals surface area contributed by atoms with Crippen LogP contribution in [0.2, 0.25) is 0 Å². The fourth-order valence-corrected chi connectivity index (χ4v) is 3.63. The fraction of sp³-hybridized carbons (Fsp3) is 0.316. The average molecular weight is 361 g/mol. The smallest absolute Gasteiger partial charge is 0.420 e. The number of benzene rings is 2. The van der Waals surface area contributed by atoms with E-state index in [2.05, 4.69) is 0 Å². The van der Waals surface area contributed by atoms with Crippen LogP contribution in [0.25, 0.3) is 0 Å². The summed E-state index contributed by atoms with van der Waals surface area (Å²) in [6.45, 7) is 0. The zero-order chi connectivity index (χ0) is 18.2. The van der Waals surface area contributed by atoms with Crippen molar-refractivity contribution in [2.75, 3.05) is 27.5 Å². The SMILES string of the molecule is COc1cc(OC)c(C(=O)[P+](=O)CCCc2ccccc2)c(OC)c1. The van der Waals surface area contributed by atoms with Gasteiger partial charge in [-0.3, -0.25) is 0 Å². The molecule has 0 saturated heterocycles. The number of rotatable bonds is 9. The molecule has 1 unspecified atom stereocenters. The maximum Gasteiger partial charge on any atom is 0.420 e. The molecule has 0 aliphatic rings. The Balaban J connectivity index is 2.12. The number of hydrogen-bond acceptors (Lipinski definition) is 5. The fourth-order valence-electron chi connectivity index (χ4n) is 2.51. The van der Waals surface area contributed by atoms with Crippen molar-refractivity contribution in [3.05, 3.63) is 53.6 Å². The molecular formula is C19H22O5P+. The van der Waals surface area contributed by atoms with Gasteiger partial charge in [-0.2, -0.15) is 0 Å². The molecule has 0 N–H and O–H groups in total. The zero-order valence-corrected chi connectivity index (χ0v) is 15.5. The minimum absolute atomic E-state index is 0.201. The highest BCUT2D eigenvalue weighted by atomic mass is 31.1. The van der Waals surface area contributed by atoms with E-state index >= 15 is 0 Å². The number of carbonyl (C=O) groups is 1. The van der Waals surface area contributed by atoms with Crippen LogP contribution < -0.4 is 14.2 Å². The summed E-state index contributed by atoms with van der Waals surface area (Å²) in [7, 11) is 2.36. The zero-order valence-electron chi connectivity index (χ0n) is 14.7. The molecule has 1 atom stereocenters. The lowest BCUT2D eigenvalue weighted by Gasteiger charge is -2.11. The molecule has 2 rings (SSSR count). The molecule has 0 heterocycles. The highest BCUT2D eigenvalue weighted by Crippen LogP contribution is 2.40. The van der Waals surface area contributed by atoms with E-state index in [-0.39, 0.29) is 5.56 Å². The van der Waals surface area contributed by atoms with Gasteiger partial charge in [-0.05, 0) is 18.4 Å². The van der Waals surface area contributed by atoms with E-state index in [0.717, 1.165) is 12.0 Å². The standard InChI is InChI=1S/C19H22O5P/c1-22-15-12-16(23-2)18(17(13-15)24-3)19(20)25(21)11-7-10-14-8-5-4-6-9-14/h4-6,8-9,12-13H,7,10-11H2,1-3H3/q+1. The van der Waals surface area contributed by atoms with Gasteiger partial charge in [0.05, 0.1) is 21.3 Å². The van der Waals surface area contributed by atoms with Gasteiger partial charge in [0, 0.05) is 12.1 Å². The van der Waals surface area contributed by atoms with Gasteiger partial charge in [0.25, 0.3) is 0 Å². The predicted molar refractivity (Wildman–Crippen MR) is 97.7 cm³/mol. The van der Waals surface area contributed by atoms with E-state index in [9.17, 15) is 9.36 Å². The molecule has 0 spiro atoms. The van der Waals surface area contributed by atoms with E-state index in [1.54, 1.807) is 12.1 Å². The van der Waals surface area contributed by atoms with Crippen LogP contribution in [0.1, 0.15) is 22.3 Å². The van der Waals surface area contributed by atoms with Gasteiger partial charge in [0.1, 0.15) is 17.2 Å². The van der Waals surface area contributed by atoms with Crippen LogP contribution in [-0.2, 0) is 11.0 Å². The van der Waals surface area contributed by atoms with Crippen molar-refractivity contribution >= 4 is 13.3 Å². The monoisotopic (exact) mass is 361 g/mol. The largest absolute Gasteiger partial charge is 0.496 e. The van der Waals surface area contributed by atoms with Crippen LogP contribution in [0.5, 0.6) is 17.2 Å². The lowest BCUT2D eigenvalue weighted by Crippen LogP contribution is -2.04. The second kappa shape index (κ2) is 9.19. The first-order chi connectivity index (χ1) is 12.1. The summed E-state index contributed by atoms with van der Waals surface area (Å²) in [6.07, 6.45) is 1.78. The number of hydrogen-bond donors (Lipinski definition) is 0. The summed E-state index contributed by atoms with van der Waals surface area (Å²) in [5.74, 6) is 1.10. The van der Waals surface area contributed by atoms with Crippen molar-refractivity contribution in [1.29, 1.82) is 0 Å². The van der Waals surface area contributed by atoms with Gasteiger partial charge in [0.2, 0.25) is 0 Å². The summed E-state index contributed by atoms with van der Waals surface area (Å²) < 4.78 is 28.2. The minimum Gasteiger partial charge on any atom is -0.496 e. The first-order valence-corrected chi connectivity index (χ1v) is 9.38. The topological polar surface area (TPSA) is 61.8 Å². The Hall–Kier alpha value is -2.39. The average Bonchev–Trinajstić information content (AvgIpc) is 2.66. The Labute approximate surface area is 148 Å². The Morgan fingerprint density at radius 3 is 2.08 bits per heavy atom. The Bertz CT molecular complexity index is 718. The van der Waals surface area contributed by atoms with Gasteiger partial charge < -0.3 is 14.2 Å². The van der Waals surface area contributed by atoms with E-state index < -0.39 is 13.3 Å². The molecular weight excluding hydrogens is 339 g/mol. The summed E-state index contributed by atoms with van der Waals surface area (Å²) in [5.41, 5.74) is 0.906. The molecule has 0 amide bonds. The summed E-state index contributed by atoms with van der Waals surface area (Å²) in [6, 6.07) is 13.1. The Kier molecular flexibility index (Phi) is 6.96. The molecule has 0 radical (unpaired) electrons. The second-order valence-corrected chi connectivity index (χ2v) is 7.01. The van der Waals surface area contributed by atoms with Crippen LogP contribution in [-0.4, -0.2) is 33.0 Å². The van der Waals surface area contributed by atoms with Crippen LogP contribution >= 0.6 is 7.80 Å². The van der Waals surface area contributed by atoms with Crippen LogP contribution in [0.3, 0.4) is 0 Å². The first kappa shape index (κ1) is 18.9. The van der Waals surface area contributed by atoms with Crippen molar-refractivity contribution in [2.24, 2.45) is 0 Å². The molecule has 2 aromatic rings. The Morgan fingerprint density at radius 1 is 0.960 bits per heavy atom. The third kappa shape index (κ3) is 4.80. The molecule has 5 nitrogen and oxygen atoms in total. The normalized spacial score (nSPS) is 10.9. The maximum atomic E-state index is 12.7. The molecule has 0 bridgehead atoms. The van der Waals surface area contributed by atoms with E-state index in [0.29, 0.717) is 29.8 Å². The van der Waals surface area contributed by atoms with Crippen LogP contribution in [0.15, 0.2) is 42.5 Å². The number of aryl methyl sites for hydroxylation is 1. The molecule has 0 aromatic heterocycles. The van der Waals surface area contributed by atoms with Crippen molar-refractivity contribution in [3.63, 3.8) is 0 Å². The molecule has 0 aliphatic carbocycles. The van der Waals surface area contributed by atoms with E-state index in [1.165, 1.54) is 21.3 Å². The van der Waals surface area contributed by atoms with Gasteiger partial charge in [-0.15, -0.1) is 0 Å². The quantitative estimate of drug-likeness (QED) is 0.623. The summed E-state index contributed by atoms with van der Waals surface area (Å²) in [4.78, 5) is 12.7. The highest BCUT2D eigenvalue weighted by molar-refractivity contribution is 7.64. The minimum atomic E-state index is -2.06. The number of carbonyl (C=O) groups excluding carboxylic acids is 1. The Morgan fingerprint density at radius 2 is 1.56 bits per heavy atom. The lowest BCUT2D eigenvalue weighted by molar-refractivity contribution is 0.107. The number of ether oxygens (including phenoxy) is 3. The van der Waals surface area contributed by atoms with Crippen molar-refractivity contribution < 1.29 is 23.6 Å². The molecule has 132 valence electrons. The molecule has 0 aliphatic heterocycles. The van der Waals surface area contributed by atoms with Gasteiger partial charge in [-0.25, -0.2) is 4.79 Å². The third-order valence-corrected chi connectivity index (χ3v) is 5.22. The van der Waals surface area contributed by atoms with Gasteiger partial charge >= 0.3 is 13.3 Å². The second-order valence-electron chi connectivity index (χ2n) is 5.40.